The van der Waals surface area contributed by atoms with Crippen LogP contribution >= 0.6 is 11.3 Å². The van der Waals surface area contributed by atoms with Crippen LogP contribution < -0.4 is 0 Å². The molecule has 0 bridgehead atoms. The van der Waals surface area contributed by atoms with Gasteiger partial charge in [-0.1, -0.05) is 0 Å². The van der Waals surface area contributed by atoms with Gasteiger partial charge in [0.2, 0.25) is 0 Å². The largest absolute Gasteiger partial charge is 0.481 e. The minimum atomic E-state index is -0.977. The third kappa shape index (κ3) is 2.06. The second-order valence-electron chi connectivity index (χ2n) is 2.58. The lowest BCUT2D eigenvalue weighted by molar-refractivity contribution is -0.139. The number of carboxylic acid groups (broad SMARTS) is 1. The van der Waals surface area contributed by atoms with Crippen molar-refractivity contribution in [2.75, 3.05) is 0 Å². The van der Waals surface area contributed by atoms with Crippen molar-refractivity contribution < 1.29 is 15.0 Å². The molecular weight excluding hydrogens is 176 g/mol. The Morgan fingerprint density at radius 3 is 2.83 bits per heavy atom. The van der Waals surface area contributed by atoms with Crippen LogP contribution in [0.25, 0.3) is 0 Å². The van der Waals surface area contributed by atoms with Crippen molar-refractivity contribution >= 4 is 17.3 Å². The second kappa shape index (κ2) is 3.69. The summed E-state index contributed by atoms with van der Waals surface area (Å²) in [6.45, 7) is 1.86. The predicted molar refractivity (Wildman–Crippen MR) is 46.3 cm³/mol. The average Bonchev–Trinajstić information content (AvgIpc) is 2.33. The zero-order valence-corrected chi connectivity index (χ0v) is 7.47. The molecule has 1 atom stereocenters. The molecule has 0 radical (unpaired) electrons. The summed E-state index contributed by atoms with van der Waals surface area (Å²) < 4.78 is 0. The number of hydrogen-bond donors (Lipinski definition) is 2. The number of thiophene rings is 1. The molecule has 0 spiro atoms. The number of aliphatic hydroxyl groups excluding tert-OH is 1. The number of aryl methyl sites for hydroxylation is 1. The normalized spacial score (nSPS) is 12.8. The first-order valence-electron chi connectivity index (χ1n) is 3.55. The molecule has 66 valence electrons. The molecule has 3 nitrogen and oxygen atoms in total. The summed E-state index contributed by atoms with van der Waals surface area (Å²) in [5.41, 5.74) is 0.953. The van der Waals surface area contributed by atoms with Crippen LogP contribution in [0.1, 0.15) is 23.0 Å². The molecule has 4 heteroatoms. The van der Waals surface area contributed by atoms with Crippen molar-refractivity contribution in [3.05, 3.63) is 21.9 Å². The third-order valence-corrected chi connectivity index (χ3v) is 2.69. The lowest BCUT2D eigenvalue weighted by atomic mass is 10.1. The van der Waals surface area contributed by atoms with Gasteiger partial charge < -0.3 is 10.2 Å². The van der Waals surface area contributed by atoms with E-state index in [0.29, 0.717) is 0 Å². The summed E-state index contributed by atoms with van der Waals surface area (Å²) in [5.74, 6) is -0.977. The number of aliphatic hydroxyl groups is 1. The van der Waals surface area contributed by atoms with E-state index in [1.165, 1.54) is 11.3 Å². The van der Waals surface area contributed by atoms with Crippen molar-refractivity contribution in [1.82, 2.24) is 0 Å². The van der Waals surface area contributed by atoms with E-state index in [1.807, 2.05) is 18.4 Å². The van der Waals surface area contributed by atoms with Crippen LogP contribution in [-0.4, -0.2) is 16.2 Å². The van der Waals surface area contributed by atoms with Crippen LogP contribution in [0.2, 0.25) is 0 Å². The Morgan fingerprint density at radius 2 is 2.42 bits per heavy atom. The van der Waals surface area contributed by atoms with Gasteiger partial charge in [-0.15, -0.1) is 11.3 Å². The maximum absolute atomic E-state index is 10.3. The van der Waals surface area contributed by atoms with Gasteiger partial charge in [0.25, 0.3) is 0 Å². The highest BCUT2D eigenvalue weighted by molar-refractivity contribution is 7.10. The van der Waals surface area contributed by atoms with E-state index in [4.69, 9.17) is 5.11 Å². The molecule has 1 rings (SSSR count). The molecule has 0 aliphatic rings. The second-order valence-corrected chi connectivity index (χ2v) is 3.53. The van der Waals surface area contributed by atoms with Crippen LogP contribution in [0.4, 0.5) is 0 Å². The van der Waals surface area contributed by atoms with E-state index < -0.39 is 12.1 Å². The van der Waals surface area contributed by atoms with Crippen LogP contribution in [0.15, 0.2) is 11.4 Å². The van der Waals surface area contributed by atoms with Crippen molar-refractivity contribution in [1.29, 1.82) is 0 Å². The van der Waals surface area contributed by atoms with Crippen LogP contribution in [0, 0.1) is 6.92 Å². The first-order chi connectivity index (χ1) is 5.61. The lowest BCUT2D eigenvalue weighted by Gasteiger charge is -2.05. The van der Waals surface area contributed by atoms with E-state index in [1.54, 1.807) is 0 Å². The molecule has 1 aromatic heterocycles. The predicted octanol–water partition coefficient (Wildman–Crippen LogP) is 1.56. The highest BCUT2D eigenvalue weighted by atomic mass is 32.1. The van der Waals surface area contributed by atoms with E-state index in [-0.39, 0.29) is 6.42 Å². The number of aliphatic carboxylic acids is 1. The minimum absolute atomic E-state index is 0.221. The van der Waals surface area contributed by atoms with E-state index >= 15 is 0 Å². The number of carbonyl (C=O) groups is 1. The van der Waals surface area contributed by atoms with Crippen LogP contribution in [0.3, 0.4) is 0 Å². The summed E-state index contributed by atoms with van der Waals surface area (Å²) in [4.78, 5) is 11.0. The van der Waals surface area contributed by atoms with Gasteiger partial charge in [0.15, 0.2) is 0 Å². The van der Waals surface area contributed by atoms with Gasteiger partial charge in [0.05, 0.1) is 12.5 Å². The standard InChI is InChI=1S/C8H10O3S/c1-5-2-3-12-8(5)6(9)4-7(10)11/h2-3,6,9H,4H2,1H3,(H,10,11)/t6-/m1/s1. The molecular formula is C8H10O3S. The van der Waals surface area contributed by atoms with E-state index in [0.717, 1.165) is 10.4 Å². The van der Waals surface area contributed by atoms with Gasteiger partial charge in [-0.3, -0.25) is 4.79 Å². The Labute approximate surface area is 74.3 Å². The lowest BCUT2D eigenvalue weighted by Crippen LogP contribution is -2.04. The smallest absolute Gasteiger partial charge is 0.306 e. The Balaban J connectivity index is 2.71. The van der Waals surface area contributed by atoms with E-state index in [9.17, 15) is 9.90 Å². The monoisotopic (exact) mass is 186 g/mol. The van der Waals surface area contributed by atoms with Crippen LogP contribution in [0.5, 0.6) is 0 Å². The van der Waals surface area contributed by atoms with Crippen LogP contribution in [-0.2, 0) is 4.79 Å². The Hall–Kier alpha value is -0.870. The quantitative estimate of drug-likeness (QED) is 0.753. The van der Waals surface area contributed by atoms with Gasteiger partial charge in [-0.25, -0.2) is 0 Å². The molecule has 0 saturated carbocycles. The summed E-state index contributed by atoms with van der Waals surface area (Å²) >= 11 is 1.39. The maximum atomic E-state index is 10.3. The van der Waals surface area contributed by atoms with Crippen molar-refractivity contribution in [2.45, 2.75) is 19.4 Å². The van der Waals surface area contributed by atoms with Gasteiger partial charge in [0, 0.05) is 4.88 Å². The SMILES string of the molecule is Cc1ccsc1[C@H](O)CC(=O)O. The number of hydrogen-bond acceptors (Lipinski definition) is 3. The summed E-state index contributed by atoms with van der Waals surface area (Å²) in [6, 6.07) is 1.87. The topological polar surface area (TPSA) is 57.5 Å². The molecule has 0 fully saturated rings. The molecule has 0 aromatic carbocycles. The zero-order chi connectivity index (χ0) is 9.14. The van der Waals surface area contributed by atoms with E-state index in [2.05, 4.69) is 0 Å². The first-order valence-corrected chi connectivity index (χ1v) is 4.43. The Kier molecular flexibility index (Phi) is 2.83. The Bertz CT molecular complexity index is 280. The van der Waals surface area contributed by atoms with Gasteiger partial charge in [-0.2, -0.15) is 0 Å². The van der Waals surface area contributed by atoms with Crippen molar-refractivity contribution in [3.63, 3.8) is 0 Å². The first kappa shape index (κ1) is 9.22. The number of rotatable bonds is 3. The highest BCUT2D eigenvalue weighted by Gasteiger charge is 2.14. The Morgan fingerprint density at radius 1 is 1.75 bits per heavy atom. The molecule has 0 aliphatic heterocycles. The maximum Gasteiger partial charge on any atom is 0.306 e. The fraction of sp³-hybridized carbons (Fsp3) is 0.375. The molecule has 0 saturated heterocycles. The zero-order valence-electron chi connectivity index (χ0n) is 6.65. The van der Waals surface area contributed by atoms with Gasteiger partial charge >= 0.3 is 5.97 Å². The molecule has 1 aromatic rings. The molecule has 12 heavy (non-hydrogen) atoms. The summed E-state index contributed by atoms with van der Waals surface area (Å²) in [5, 5.41) is 19.7. The van der Waals surface area contributed by atoms with Gasteiger partial charge in [0.1, 0.15) is 0 Å². The number of carboxylic acids is 1. The average molecular weight is 186 g/mol. The minimum Gasteiger partial charge on any atom is -0.481 e. The van der Waals surface area contributed by atoms with Crippen molar-refractivity contribution in [2.24, 2.45) is 0 Å². The summed E-state index contributed by atoms with van der Waals surface area (Å²) in [7, 11) is 0. The molecule has 2 N–H and O–H groups in total. The molecule has 0 aliphatic carbocycles. The highest BCUT2D eigenvalue weighted by Crippen LogP contribution is 2.25. The molecule has 1 heterocycles. The molecule has 0 amide bonds. The van der Waals surface area contributed by atoms with Gasteiger partial charge in [-0.05, 0) is 23.9 Å². The van der Waals surface area contributed by atoms with Crippen molar-refractivity contribution in [3.8, 4) is 0 Å². The fourth-order valence-corrected chi connectivity index (χ4v) is 1.90. The third-order valence-electron chi connectivity index (χ3n) is 1.57. The fourth-order valence-electron chi connectivity index (χ4n) is 0.984. The molecule has 0 unspecified atom stereocenters. The summed E-state index contributed by atoms with van der Waals surface area (Å²) in [6.07, 6.45) is -1.08.